The molecule has 1 aromatic carbocycles. The molecule has 0 spiro atoms. The van der Waals surface area contributed by atoms with Gasteiger partial charge in [0, 0.05) is 4.90 Å². The molecule has 0 saturated carbocycles. The number of nitrogens with zero attached hydrogens (tertiary/aromatic N) is 1. The van der Waals surface area contributed by atoms with Gasteiger partial charge in [0.25, 0.3) is 0 Å². The van der Waals surface area contributed by atoms with Crippen LogP contribution in [-0.4, -0.2) is 43.0 Å². The van der Waals surface area contributed by atoms with Crippen molar-refractivity contribution < 1.29 is 23.9 Å². The highest BCUT2D eigenvalue weighted by molar-refractivity contribution is 7.99. The first-order valence-corrected chi connectivity index (χ1v) is 9.20. The maximum absolute atomic E-state index is 12.5. The SMILES string of the molecule is CCOC(=O)C1=C(COC(=O)c2ccccc2SCC#N)NC(=O)N[C@H]1C. The van der Waals surface area contributed by atoms with Gasteiger partial charge in [-0.3, -0.25) is 0 Å². The van der Waals surface area contributed by atoms with E-state index in [0.717, 1.165) is 0 Å². The van der Waals surface area contributed by atoms with Crippen molar-refractivity contribution in [3.05, 3.63) is 41.1 Å². The third-order valence-electron chi connectivity index (χ3n) is 3.61. The quantitative estimate of drug-likeness (QED) is 0.541. The van der Waals surface area contributed by atoms with Crippen molar-refractivity contribution in [1.29, 1.82) is 5.26 Å². The molecule has 1 heterocycles. The van der Waals surface area contributed by atoms with Gasteiger partial charge in [0.1, 0.15) is 6.61 Å². The van der Waals surface area contributed by atoms with Gasteiger partial charge < -0.3 is 20.1 Å². The zero-order chi connectivity index (χ0) is 19.8. The number of hydrogen-bond donors (Lipinski definition) is 2. The number of nitriles is 1. The predicted molar refractivity (Wildman–Crippen MR) is 97.8 cm³/mol. The van der Waals surface area contributed by atoms with E-state index in [9.17, 15) is 14.4 Å². The first kappa shape index (κ1) is 20.3. The van der Waals surface area contributed by atoms with Crippen molar-refractivity contribution in [2.45, 2.75) is 24.8 Å². The molecule has 0 aliphatic carbocycles. The number of benzene rings is 1. The average molecular weight is 389 g/mol. The number of carbonyl (C=O) groups is 3. The van der Waals surface area contributed by atoms with E-state index in [1.165, 1.54) is 11.8 Å². The van der Waals surface area contributed by atoms with E-state index in [2.05, 4.69) is 10.6 Å². The van der Waals surface area contributed by atoms with Crippen LogP contribution in [0.15, 0.2) is 40.4 Å². The molecule has 9 heteroatoms. The molecule has 0 saturated heterocycles. The molecule has 27 heavy (non-hydrogen) atoms. The lowest BCUT2D eigenvalue weighted by Crippen LogP contribution is -2.50. The molecule has 8 nitrogen and oxygen atoms in total. The van der Waals surface area contributed by atoms with Crippen LogP contribution >= 0.6 is 11.8 Å². The van der Waals surface area contributed by atoms with E-state index in [1.807, 2.05) is 6.07 Å². The third-order valence-corrected chi connectivity index (χ3v) is 4.55. The molecular weight excluding hydrogens is 370 g/mol. The van der Waals surface area contributed by atoms with Gasteiger partial charge in [-0.05, 0) is 26.0 Å². The summed E-state index contributed by atoms with van der Waals surface area (Å²) >= 11 is 1.22. The second-order valence-electron chi connectivity index (χ2n) is 5.45. The number of carbonyl (C=O) groups excluding carboxylic acids is 3. The molecule has 2 amide bonds. The summed E-state index contributed by atoms with van der Waals surface area (Å²) in [7, 11) is 0. The Morgan fingerprint density at radius 1 is 1.26 bits per heavy atom. The zero-order valence-electron chi connectivity index (χ0n) is 14.9. The van der Waals surface area contributed by atoms with Gasteiger partial charge in [0.2, 0.25) is 0 Å². The van der Waals surface area contributed by atoms with E-state index in [4.69, 9.17) is 14.7 Å². The van der Waals surface area contributed by atoms with Crippen molar-refractivity contribution in [2.24, 2.45) is 0 Å². The van der Waals surface area contributed by atoms with Gasteiger partial charge in [-0.1, -0.05) is 12.1 Å². The summed E-state index contributed by atoms with van der Waals surface area (Å²) < 4.78 is 10.3. The number of hydrogen-bond acceptors (Lipinski definition) is 7. The van der Waals surface area contributed by atoms with Crippen LogP contribution in [0.2, 0.25) is 0 Å². The summed E-state index contributed by atoms with van der Waals surface area (Å²) in [5.74, 6) is -1.01. The average Bonchev–Trinajstić information content (AvgIpc) is 2.64. The topological polar surface area (TPSA) is 118 Å². The molecule has 2 rings (SSSR count). The van der Waals surface area contributed by atoms with E-state index in [-0.39, 0.29) is 30.2 Å². The summed E-state index contributed by atoms with van der Waals surface area (Å²) in [4.78, 5) is 36.9. The molecule has 142 valence electrons. The summed E-state index contributed by atoms with van der Waals surface area (Å²) in [5, 5.41) is 13.8. The first-order valence-electron chi connectivity index (χ1n) is 8.21. The Balaban J connectivity index is 2.19. The highest BCUT2D eigenvalue weighted by atomic mass is 32.2. The summed E-state index contributed by atoms with van der Waals surface area (Å²) in [6.07, 6.45) is 0. The van der Waals surface area contributed by atoms with Crippen molar-refractivity contribution in [1.82, 2.24) is 10.6 Å². The third kappa shape index (κ3) is 5.24. The highest BCUT2D eigenvalue weighted by Crippen LogP contribution is 2.23. The first-order chi connectivity index (χ1) is 13.0. The van der Waals surface area contributed by atoms with Crippen LogP contribution in [0.4, 0.5) is 4.79 Å². The van der Waals surface area contributed by atoms with Crippen molar-refractivity contribution in [3.63, 3.8) is 0 Å². The normalized spacial score (nSPS) is 16.0. The zero-order valence-corrected chi connectivity index (χ0v) is 15.7. The van der Waals surface area contributed by atoms with Gasteiger partial charge in [-0.25, -0.2) is 14.4 Å². The van der Waals surface area contributed by atoms with Gasteiger partial charge in [-0.15, -0.1) is 11.8 Å². The highest BCUT2D eigenvalue weighted by Gasteiger charge is 2.30. The largest absolute Gasteiger partial charge is 0.463 e. The van der Waals surface area contributed by atoms with E-state index >= 15 is 0 Å². The lowest BCUT2D eigenvalue weighted by atomic mass is 10.0. The molecular formula is C18H19N3O5S. The minimum atomic E-state index is -0.618. The Bertz CT molecular complexity index is 815. The van der Waals surface area contributed by atoms with Crippen molar-refractivity contribution in [3.8, 4) is 6.07 Å². The number of urea groups is 1. The number of ether oxygens (including phenoxy) is 2. The minimum Gasteiger partial charge on any atom is -0.463 e. The Morgan fingerprint density at radius 2 is 2.00 bits per heavy atom. The molecule has 0 aromatic heterocycles. The van der Waals surface area contributed by atoms with Gasteiger partial charge in [0.15, 0.2) is 0 Å². The Labute approximate surface area is 160 Å². The van der Waals surface area contributed by atoms with Crippen LogP contribution in [0.5, 0.6) is 0 Å². The van der Waals surface area contributed by atoms with Gasteiger partial charge in [0.05, 0.1) is 41.3 Å². The minimum absolute atomic E-state index is 0.180. The van der Waals surface area contributed by atoms with Crippen LogP contribution in [0.25, 0.3) is 0 Å². The standard InChI is InChI=1S/C18H19N3O5S/c1-3-25-17(23)15-11(2)20-18(24)21-13(15)10-26-16(22)12-6-4-5-7-14(12)27-9-8-19/h4-7,11H,3,9-10H2,1-2H3,(H2,20,21,24)/t11-/m0/s1. The summed E-state index contributed by atoms with van der Waals surface area (Å²) in [6, 6.07) is 7.68. The second kappa shape index (κ2) is 9.64. The molecule has 1 aliphatic heterocycles. The fourth-order valence-electron chi connectivity index (χ4n) is 2.48. The Kier molecular flexibility index (Phi) is 7.25. The fraction of sp³-hybridized carbons (Fsp3) is 0.333. The van der Waals surface area contributed by atoms with Gasteiger partial charge >= 0.3 is 18.0 Å². The smallest absolute Gasteiger partial charge is 0.339 e. The second-order valence-corrected chi connectivity index (χ2v) is 6.47. The van der Waals surface area contributed by atoms with Crippen LogP contribution in [0.1, 0.15) is 24.2 Å². The van der Waals surface area contributed by atoms with Crippen molar-refractivity contribution in [2.75, 3.05) is 19.0 Å². The predicted octanol–water partition coefficient (Wildman–Crippen LogP) is 1.98. The molecule has 0 unspecified atom stereocenters. The number of amides is 2. The van der Waals surface area contributed by atoms with E-state index in [0.29, 0.717) is 10.5 Å². The number of nitrogens with one attached hydrogen (secondary N) is 2. The van der Waals surface area contributed by atoms with Gasteiger partial charge in [-0.2, -0.15) is 5.26 Å². The molecule has 2 N–H and O–H groups in total. The lowest BCUT2D eigenvalue weighted by molar-refractivity contribution is -0.139. The monoisotopic (exact) mass is 389 g/mol. The molecule has 0 radical (unpaired) electrons. The fourth-order valence-corrected chi connectivity index (χ4v) is 3.18. The number of esters is 2. The Hall–Kier alpha value is -2.99. The van der Waals surface area contributed by atoms with E-state index in [1.54, 1.807) is 38.1 Å². The van der Waals surface area contributed by atoms with Crippen LogP contribution in [0, 0.1) is 11.3 Å². The summed E-state index contributed by atoms with van der Waals surface area (Å²) in [6.45, 7) is 3.20. The van der Waals surface area contributed by atoms with Crippen LogP contribution < -0.4 is 10.6 Å². The van der Waals surface area contributed by atoms with Crippen molar-refractivity contribution >= 4 is 29.7 Å². The maximum atomic E-state index is 12.5. The number of thioether (sulfide) groups is 1. The lowest BCUT2D eigenvalue weighted by Gasteiger charge is -2.26. The van der Waals surface area contributed by atoms with Crippen LogP contribution in [0.3, 0.4) is 0 Å². The molecule has 1 aromatic rings. The Morgan fingerprint density at radius 3 is 2.70 bits per heavy atom. The number of rotatable bonds is 7. The maximum Gasteiger partial charge on any atom is 0.339 e. The van der Waals surface area contributed by atoms with E-state index < -0.39 is 24.0 Å². The molecule has 0 bridgehead atoms. The molecule has 1 aliphatic rings. The molecule has 1 atom stereocenters. The summed E-state index contributed by atoms with van der Waals surface area (Å²) in [5.41, 5.74) is 0.695. The molecule has 0 fully saturated rings. The van der Waals surface area contributed by atoms with Crippen LogP contribution in [-0.2, 0) is 14.3 Å².